The highest BCUT2D eigenvalue weighted by molar-refractivity contribution is 9.10. The summed E-state index contributed by atoms with van der Waals surface area (Å²) in [5.41, 5.74) is 6.42. The van der Waals surface area contributed by atoms with Gasteiger partial charge in [-0.1, -0.05) is 32.6 Å². The molecule has 1 heterocycles. The van der Waals surface area contributed by atoms with Crippen LogP contribution in [0.1, 0.15) is 76.6 Å². The van der Waals surface area contributed by atoms with Crippen molar-refractivity contribution in [2.24, 2.45) is 17.6 Å². The lowest BCUT2D eigenvalue weighted by atomic mass is 9.77. The number of halogens is 1. The zero-order valence-corrected chi connectivity index (χ0v) is 17.5. The minimum absolute atomic E-state index is 0.0150. The normalized spacial score (nSPS) is 22.3. The first-order valence-electron chi connectivity index (χ1n) is 10.0. The zero-order chi connectivity index (χ0) is 18.1. The Kier molecular flexibility index (Phi) is 9.35. The van der Waals surface area contributed by atoms with Crippen LogP contribution in [-0.2, 0) is 0 Å². The van der Waals surface area contributed by atoms with Crippen LogP contribution in [0.25, 0.3) is 0 Å². The third-order valence-corrected chi connectivity index (χ3v) is 6.04. The predicted octanol–water partition coefficient (Wildman–Crippen LogP) is 4.95. The molecule has 2 N–H and O–H groups in total. The Labute approximate surface area is 162 Å². The number of hydrogen-bond donors (Lipinski definition) is 1. The third-order valence-electron chi connectivity index (χ3n) is 5.63. The molecular weight excluding hydrogens is 376 g/mol. The molecule has 1 unspecified atom stereocenters. The SMILES string of the molecule is CCCCCN(C)CCCC1CCC(C(N)c2ncc(Br)cn2)CC1. The van der Waals surface area contributed by atoms with Crippen LogP contribution in [0.4, 0.5) is 0 Å². The molecule has 2 rings (SSSR count). The van der Waals surface area contributed by atoms with E-state index in [-0.39, 0.29) is 6.04 Å². The van der Waals surface area contributed by atoms with E-state index >= 15 is 0 Å². The Hall–Kier alpha value is -0.520. The molecule has 0 aliphatic heterocycles. The van der Waals surface area contributed by atoms with Crippen molar-refractivity contribution in [3.8, 4) is 0 Å². The second kappa shape index (κ2) is 11.2. The quantitative estimate of drug-likeness (QED) is 0.554. The van der Waals surface area contributed by atoms with E-state index in [1.807, 2.05) is 0 Å². The monoisotopic (exact) mass is 410 g/mol. The van der Waals surface area contributed by atoms with E-state index in [9.17, 15) is 0 Å². The lowest BCUT2D eigenvalue weighted by molar-refractivity contribution is 0.220. The molecule has 0 spiro atoms. The lowest BCUT2D eigenvalue weighted by Crippen LogP contribution is -2.28. The van der Waals surface area contributed by atoms with Gasteiger partial charge in [0.15, 0.2) is 0 Å². The average molecular weight is 411 g/mol. The first-order chi connectivity index (χ1) is 12.1. The fourth-order valence-corrected chi connectivity index (χ4v) is 4.14. The molecule has 0 radical (unpaired) electrons. The maximum absolute atomic E-state index is 6.42. The largest absolute Gasteiger partial charge is 0.321 e. The maximum Gasteiger partial charge on any atom is 0.145 e. The molecule has 1 atom stereocenters. The summed E-state index contributed by atoms with van der Waals surface area (Å²) in [4.78, 5) is 11.3. The highest BCUT2D eigenvalue weighted by atomic mass is 79.9. The topological polar surface area (TPSA) is 55.0 Å². The van der Waals surface area contributed by atoms with Crippen molar-refractivity contribution in [3.05, 3.63) is 22.7 Å². The van der Waals surface area contributed by atoms with E-state index in [2.05, 4.69) is 44.8 Å². The second-order valence-electron chi connectivity index (χ2n) is 7.72. The highest BCUT2D eigenvalue weighted by Gasteiger charge is 2.27. The molecule has 0 saturated heterocycles. The van der Waals surface area contributed by atoms with Crippen LogP contribution in [0.15, 0.2) is 16.9 Å². The first kappa shape index (κ1) is 20.8. The number of hydrogen-bond acceptors (Lipinski definition) is 4. The molecule has 1 fully saturated rings. The summed E-state index contributed by atoms with van der Waals surface area (Å²) >= 11 is 3.38. The van der Waals surface area contributed by atoms with Crippen LogP contribution in [0.2, 0.25) is 0 Å². The van der Waals surface area contributed by atoms with E-state index in [1.165, 1.54) is 70.9 Å². The van der Waals surface area contributed by atoms with Gasteiger partial charge in [-0.15, -0.1) is 0 Å². The van der Waals surface area contributed by atoms with Crippen LogP contribution in [0, 0.1) is 11.8 Å². The van der Waals surface area contributed by atoms with Gasteiger partial charge in [-0.05, 0) is 80.0 Å². The zero-order valence-electron chi connectivity index (χ0n) is 16.0. The van der Waals surface area contributed by atoms with Gasteiger partial charge in [0.1, 0.15) is 5.82 Å². The van der Waals surface area contributed by atoms with Crippen molar-refractivity contribution in [2.45, 2.75) is 70.8 Å². The Morgan fingerprint density at radius 2 is 1.76 bits per heavy atom. The van der Waals surface area contributed by atoms with Crippen molar-refractivity contribution in [1.82, 2.24) is 14.9 Å². The van der Waals surface area contributed by atoms with Crippen molar-refractivity contribution in [2.75, 3.05) is 20.1 Å². The summed E-state index contributed by atoms with van der Waals surface area (Å²) in [7, 11) is 2.27. The standard InChI is InChI=1S/C20H35BrN4/c1-3-4-5-12-25(2)13-6-7-16-8-10-17(11-9-16)19(22)20-23-14-18(21)15-24-20/h14-17,19H,3-13,22H2,1-2H3. The summed E-state index contributed by atoms with van der Waals surface area (Å²) in [5, 5.41) is 0. The van der Waals surface area contributed by atoms with Crippen molar-refractivity contribution in [1.29, 1.82) is 0 Å². The van der Waals surface area contributed by atoms with E-state index in [0.717, 1.165) is 16.2 Å². The van der Waals surface area contributed by atoms with Gasteiger partial charge in [-0.25, -0.2) is 9.97 Å². The Morgan fingerprint density at radius 1 is 1.12 bits per heavy atom. The number of rotatable bonds is 10. The Bertz CT molecular complexity index is 471. The van der Waals surface area contributed by atoms with Crippen molar-refractivity contribution < 1.29 is 0 Å². The molecule has 1 saturated carbocycles. The van der Waals surface area contributed by atoms with Crippen molar-refractivity contribution in [3.63, 3.8) is 0 Å². The molecule has 1 aliphatic rings. The van der Waals surface area contributed by atoms with Gasteiger partial charge in [-0.2, -0.15) is 0 Å². The molecule has 0 amide bonds. The minimum atomic E-state index is -0.0150. The molecule has 0 aromatic carbocycles. The van der Waals surface area contributed by atoms with E-state index in [1.54, 1.807) is 12.4 Å². The van der Waals surface area contributed by atoms with Gasteiger partial charge in [-0.3, -0.25) is 0 Å². The molecule has 1 aromatic rings. The molecule has 4 nitrogen and oxygen atoms in total. The second-order valence-corrected chi connectivity index (χ2v) is 8.63. The third kappa shape index (κ3) is 7.32. The molecule has 1 aliphatic carbocycles. The smallest absolute Gasteiger partial charge is 0.145 e. The average Bonchev–Trinajstić information content (AvgIpc) is 2.63. The Morgan fingerprint density at radius 3 is 2.40 bits per heavy atom. The predicted molar refractivity (Wildman–Crippen MR) is 108 cm³/mol. The van der Waals surface area contributed by atoms with Gasteiger partial charge >= 0.3 is 0 Å². The molecule has 1 aromatic heterocycles. The summed E-state index contributed by atoms with van der Waals surface area (Å²) < 4.78 is 0.909. The van der Waals surface area contributed by atoms with Gasteiger partial charge in [0.05, 0.1) is 10.5 Å². The van der Waals surface area contributed by atoms with Crippen LogP contribution in [0.5, 0.6) is 0 Å². The molecule has 5 heteroatoms. The summed E-state index contributed by atoms with van der Waals surface area (Å²) in [6.07, 6.45) is 15.4. The van der Waals surface area contributed by atoms with E-state index in [0.29, 0.717) is 5.92 Å². The molecule has 142 valence electrons. The van der Waals surface area contributed by atoms with Crippen LogP contribution in [0.3, 0.4) is 0 Å². The van der Waals surface area contributed by atoms with Gasteiger partial charge < -0.3 is 10.6 Å². The molecule has 25 heavy (non-hydrogen) atoms. The first-order valence-corrected chi connectivity index (χ1v) is 10.8. The summed E-state index contributed by atoms with van der Waals surface area (Å²) in [6, 6.07) is -0.0150. The number of nitrogens with two attached hydrogens (primary N) is 1. The fraction of sp³-hybridized carbons (Fsp3) is 0.800. The molecule has 0 bridgehead atoms. The highest BCUT2D eigenvalue weighted by Crippen LogP contribution is 2.36. The van der Waals surface area contributed by atoms with E-state index in [4.69, 9.17) is 5.73 Å². The van der Waals surface area contributed by atoms with E-state index < -0.39 is 0 Å². The number of nitrogens with zero attached hydrogens (tertiary/aromatic N) is 3. The van der Waals surface area contributed by atoms with Crippen LogP contribution in [-0.4, -0.2) is 35.0 Å². The lowest BCUT2D eigenvalue weighted by Gasteiger charge is -2.31. The number of aromatic nitrogens is 2. The summed E-state index contributed by atoms with van der Waals surface area (Å²) in [6.45, 7) is 4.77. The number of unbranched alkanes of at least 4 members (excludes halogenated alkanes) is 2. The Balaban J connectivity index is 1.63. The van der Waals surface area contributed by atoms with Crippen LogP contribution >= 0.6 is 15.9 Å². The van der Waals surface area contributed by atoms with Gasteiger partial charge in [0, 0.05) is 12.4 Å². The fourth-order valence-electron chi connectivity index (χ4n) is 3.93. The molecular formula is C20H35BrN4. The summed E-state index contributed by atoms with van der Waals surface area (Å²) in [5.74, 6) is 2.22. The minimum Gasteiger partial charge on any atom is -0.321 e. The maximum atomic E-state index is 6.42. The van der Waals surface area contributed by atoms with Crippen LogP contribution < -0.4 is 5.73 Å². The van der Waals surface area contributed by atoms with Gasteiger partial charge in [0.25, 0.3) is 0 Å². The van der Waals surface area contributed by atoms with Crippen molar-refractivity contribution >= 4 is 15.9 Å². The van der Waals surface area contributed by atoms with Gasteiger partial charge in [0.2, 0.25) is 0 Å².